The number of benzene rings is 2. The van der Waals surface area contributed by atoms with Crippen LogP contribution in [0.5, 0.6) is 11.8 Å². The summed E-state index contributed by atoms with van der Waals surface area (Å²) in [6.07, 6.45) is 3.74. The third kappa shape index (κ3) is 4.89. The summed E-state index contributed by atoms with van der Waals surface area (Å²) in [5.41, 5.74) is 2.00. The molecule has 10 nitrogen and oxygen atoms in total. The second-order valence-electron chi connectivity index (χ2n) is 10.7. The van der Waals surface area contributed by atoms with Crippen molar-refractivity contribution in [3.63, 3.8) is 0 Å². The molecule has 0 aliphatic rings. The molecule has 0 fully saturated rings. The maximum atomic E-state index is 10.6. The predicted octanol–water partition coefficient (Wildman–Crippen LogP) is 5.36. The molecule has 2 aromatic carbocycles. The van der Waals surface area contributed by atoms with E-state index in [0.29, 0.717) is 23.0 Å². The number of rotatable bonds is 7. The standard InChI is InChI=1S/C30H30N8O2.Pt/c1-29(2,35-17-15-25(33-35)37-27(39)19-23(31-37)21-11-7-5-8-12-21)30(3,4)36-18-16-26(34-36)38-28(40)20-24(32-38)22-13-9-6-10-14-22;/h5-20,39-40H,1-4H3;. The van der Waals surface area contributed by atoms with Crippen LogP contribution in [0.2, 0.25) is 0 Å². The quantitative estimate of drug-likeness (QED) is 0.229. The van der Waals surface area contributed by atoms with Gasteiger partial charge in [-0.25, -0.2) is 0 Å². The summed E-state index contributed by atoms with van der Waals surface area (Å²) < 4.78 is 6.56. The van der Waals surface area contributed by atoms with E-state index in [4.69, 9.17) is 10.2 Å². The molecule has 2 N–H and O–H groups in total. The van der Waals surface area contributed by atoms with Crippen molar-refractivity contribution in [2.24, 2.45) is 0 Å². The maximum Gasteiger partial charge on any atom is 0.216 e. The van der Waals surface area contributed by atoms with Gasteiger partial charge >= 0.3 is 0 Å². The summed E-state index contributed by atoms with van der Waals surface area (Å²) in [6, 6.07) is 26.3. The Morgan fingerprint density at radius 1 is 0.537 bits per heavy atom. The van der Waals surface area contributed by atoms with E-state index in [-0.39, 0.29) is 32.8 Å². The first kappa shape index (κ1) is 28.1. The van der Waals surface area contributed by atoms with Crippen molar-refractivity contribution in [2.75, 3.05) is 0 Å². The van der Waals surface area contributed by atoms with E-state index >= 15 is 0 Å². The molecule has 0 aliphatic carbocycles. The summed E-state index contributed by atoms with van der Waals surface area (Å²) in [5.74, 6) is 1.01. The van der Waals surface area contributed by atoms with Crippen molar-refractivity contribution in [1.82, 2.24) is 39.1 Å². The Labute approximate surface area is 251 Å². The Kier molecular flexibility index (Phi) is 7.21. The minimum absolute atomic E-state index is 0. The average Bonchev–Trinajstić information content (AvgIpc) is 3.75. The largest absolute Gasteiger partial charge is 0.493 e. The van der Waals surface area contributed by atoms with Crippen molar-refractivity contribution >= 4 is 0 Å². The molecule has 0 aliphatic heterocycles. The summed E-state index contributed by atoms with van der Waals surface area (Å²) in [5, 5.41) is 39.9. The molecule has 0 radical (unpaired) electrons. The second-order valence-corrected chi connectivity index (χ2v) is 10.7. The molecule has 41 heavy (non-hydrogen) atoms. The van der Waals surface area contributed by atoms with Gasteiger partial charge in [0.1, 0.15) is 0 Å². The van der Waals surface area contributed by atoms with Gasteiger partial charge < -0.3 is 10.2 Å². The van der Waals surface area contributed by atoms with E-state index in [1.54, 1.807) is 12.1 Å². The van der Waals surface area contributed by atoms with Crippen molar-refractivity contribution in [3.8, 4) is 45.9 Å². The third-order valence-electron chi connectivity index (χ3n) is 7.75. The minimum Gasteiger partial charge on any atom is -0.493 e. The normalized spacial score (nSPS) is 11.9. The predicted molar refractivity (Wildman–Crippen MR) is 152 cm³/mol. The summed E-state index contributed by atoms with van der Waals surface area (Å²) in [6.45, 7) is 8.29. The monoisotopic (exact) mass is 729 g/mol. The molecule has 6 aromatic rings. The van der Waals surface area contributed by atoms with Gasteiger partial charge in [-0.1, -0.05) is 60.7 Å². The molecule has 11 heteroatoms. The molecule has 0 unspecified atom stereocenters. The molecule has 6 rings (SSSR count). The van der Waals surface area contributed by atoms with E-state index in [1.807, 2.05) is 94.6 Å². The van der Waals surface area contributed by atoms with E-state index in [2.05, 4.69) is 37.9 Å². The average molecular weight is 730 g/mol. The van der Waals surface area contributed by atoms with E-state index in [0.717, 1.165) is 11.1 Å². The fourth-order valence-corrected chi connectivity index (χ4v) is 4.62. The molecule has 0 saturated heterocycles. The fraction of sp³-hybridized carbons (Fsp3) is 0.200. The minimum atomic E-state index is -0.569. The van der Waals surface area contributed by atoms with Gasteiger partial charge in [-0.2, -0.15) is 29.8 Å². The van der Waals surface area contributed by atoms with Crippen LogP contribution in [0, 0.1) is 0 Å². The first-order valence-corrected chi connectivity index (χ1v) is 13.0. The van der Waals surface area contributed by atoms with Gasteiger partial charge in [-0.05, 0) is 27.7 Å². The molecule has 0 bridgehead atoms. The molecule has 4 aromatic heterocycles. The van der Waals surface area contributed by atoms with Crippen LogP contribution < -0.4 is 0 Å². The Hall–Kier alpha value is -4.43. The third-order valence-corrected chi connectivity index (χ3v) is 7.75. The van der Waals surface area contributed by atoms with Gasteiger partial charge in [0.2, 0.25) is 11.8 Å². The summed E-state index contributed by atoms with van der Waals surface area (Å²) in [4.78, 5) is 0. The van der Waals surface area contributed by atoms with Crippen molar-refractivity contribution in [1.29, 1.82) is 0 Å². The van der Waals surface area contributed by atoms with Crippen molar-refractivity contribution in [2.45, 2.75) is 38.8 Å². The smallest absolute Gasteiger partial charge is 0.216 e. The fourth-order valence-electron chi connectivity index (χ4n) is 4.62. The second kappa shape index (κ2) is 10.5. The van der Waals surface area contributed by atoms with Crippen LogP contribution in [0.25, 0.3) is 34.2 Å². The van der Waals surface area contributed by atoms with Crippen molar-refractivity contribution < 1.29 is 31.3 Å². The SMILES string of the molecule is CC(C)(n1ccc(-n2nc(-c3ccccc3)cc2O)n1)C(C)(C)n1ccc(-n2nc(-c3ccccc3)cc2O)n1.[Pt]. The molecule has 0 saturated carbocycles. The number of aromatic nitrogens is 8. The zero-order valence-corrected chi connectivity index (χ0v) is 25.3. The van der Waals surface area contributed by atoms with Crippen LogP contribution in [0.15, 0.2) is 97.3 Å². The first-order valence-electron chi connectivity index (χ1n) is 13.0. The summed E-state index contributed by atoms with van der Waals surface area (Å²) in [7, 11) is 0. The molecular formula is C30H30N8O2Pt. The number of nitrogens with zero attached hydrogens (tertiary/aromatic N) is 8. The zero-order chi connectivity index (χ0) is 28.1. The van der Waals surface area contributed by atoms with Gasteiger partial charge in [-0.15, -0.1) is 0 Å². The number of hydrogen-bond donors (Lipinski definition) is 2. The Bertz CT molecular complexity index is 1650. The van der Waals surface area contributed by atoms with E-state index < -0.39 is 11.1 Å². The molecule has 0 amide bonds. The molecule has 212 valence electrons. The Morgan fingerprint density at radius 3 is 1.27 bits per heavy atom. The molecular weight excluding hydrogens is 699 g/mol. The van der Waals surface area contributed by atoms with E-state index in [9.17, 15) is 10.2 Å². The molecule has 4 heterocycles. The number of hydrogen-bond acceptors (Lipinski definition) is 6. The van der Waals surface area contributed by atoms with Crippen molar-refractivity contribution in [3.05, 3.63) is 97.3 Å². The van der Waals surface area contributed by atoms with Crippen LogP contribution in [-0.4, -0.2) is 49.3 Å². The van der Waals surface area contributed by atoms with Crippen LogP contribution in [0.3, 0.4) is 0 Å². The molecule has 0 atom stereocenters. The van der Waals surface area contributed by atoms with Gasteiger partial charge in [0.25, 0.3) is 0 Å². The van der Waals surface area contributed by atoms with Crippen LogP contribution in [0.1, 0.15) is 27.7 Å². The topological polar surface area (TPSA) is 112 Å². The van der Waals surface area contributed by atoms with E-state index in [1.165, 1.54) is 9.36 Å². The number of aromatic hydroxyl groups is 2. The van der Waals surface area contributed by atoms with Crippen LogP contribution >= 0.6 is 0 Å². The van der Waals surface area contributed by atoms with Crippen LogP contribution in [0.4, 0.5) is 0 Å². The van der Waals surface area contributed by atoms with Gasteiger partial charge in [-0.3, -0.25) is 9.36 Å². The summed E-state index contributed by atoms with van der Waals surface area (Å²) >= 11 is 0. The van der Waals surface area contributed by atoms with Gasteiger partial charge in [0, 0.05) is 68.9 Å². The zero-order valence-electron chi connectivity index (χ0n) is 23.0. The first-order chi connectivity index (χ1) is 19.1. The van der Waals surface area contributed by atoms with Gasteiger partial charge in [0.05, 0.1) is 22.5 Å². The maximum absolute atomic E-state index is 10.6. The Balaban J connectivity index is 0.00000337. The molecule has 0 spiro atoms. The van der Waals surface area contributed by atoms with Gasteiger partial charge in [0.15, 0.2) is 11.6 Å². The Morgan fingerprint density at radius 2 is 0.902 bits per heavy atom. The van der Waals surface area contributed by atoms with Crippen LogP contribution in [-0.2, 0) is 32.1 Å².